The molecule has 0 unspecified atom stereocenters. The summed E-state index contributed by atoms with van der Waals surface area (Å²) < 4.78 is 5.10. The Bertz CT molecular complexity index is 198. The van der Waals surface area contributed by atoms with Gasteiger partial charge in [-0.15, -0.1) is 0 Å². The summed E-state index contributed by atoms with van der Waals surface area (Å²) in [6.45, 7) is 5.87. The molecule has 0 atom stereocenters. The van der Waals surface area contributed by atoms with Gasteiger partial charge in [0.15, 0.2) is 0 Å². The molecule has 0 saturated heterocycles. The molecule has 1 aliphatic carbocycles. The number of ether oxygens (including phenoxy) is 1. The smallest absolute Gasteiger partial charge is 0.0992 e. The molecule has 1 aliphatic rings. The largest absolute Gasteiger partial charge is 0.383 e. The molecule has 0 bridgehead atoms. The van der Waals surface area contributed by atoms with E-state index >= 15 is 0 Å². The van der Waals surface area contributed by atoms with Crippen LogP contribution in [0.3, 0.4) is 0 Å². The van der Waals surface area contributed by atoms with Gasteiger partial charge in [0.2, 0.25) is 0 Å². The molecule has 0 aromatic carbocycles. The Balaban J connectivity index is 2.49. The maximum absolute atomic E-state index is 8.22. The van der Waals surface area contributed by atoms with Crippen LogP contribution in [0, 0.1) is 11.3 Å². The predicted octanol–water partition coefficient (Wildman–Crippen LogP) is 2.51. The molecule has 0 aromatic heterocycles. The second-order valence-corrected chi connectivity index (χ2v) is 4.65. The fourth-order valence-electron chi connectivity index (χ4n) is 2.28. The van der Waals surface area contributed by atoms with Gasteiger partial charge < -0.3 is 9.64 Å². The highest BCUT2D eigenvalue weighted by molar-refractivity contribution is 5.82. The van der Waals surface area contributed by atoms with Crippen molar-refractivity contribution >= 4 is 5.84 Å². The first-order chi connectivity index (χ1) is 7.16. The summed E-state index contributed by atoms with van der Waals surface area (Å²) in [7, 11) is 1.72. The van der Waals surface area contributed by atoms with Crippen molar-refractivity contribution in [2.45, 2.75) is 45.6 Å². The highest BCUT2D eigenvalue weighted by Crippen LogP contribution is 2.27. The molecule has 1 saturated carbocycles. The van der Waals surface area contributed by atoms with E-state index in [4.69, 9.17) is 10.1 Å². The average molecular weight is 212 g/mol. The monoisotopic (exact) mass is 212 g/mol. The van der Waals surface area contributed by atoms with Crippen molar-refractivity contribution in [3.8, 4) is 0 Å². The van der Waals surface area contributed by atoms with E-state index in [1.54, 1.807) is 7.11 Å². The van der Waals surface area contributed by atoms with E-state index in [0.717, 1.165) is 12.4 Å². The van der Waals surface area contributed by atoms with Crippen molar-refractivity contribution in [1.82, 2.24) is 4.90 Å². The number of hydrogen-bond acceptors (Lipinski definition) is 2. The average Bonchev–Trinajstić information content (AvgIpc) is 2.70. The van der Waals surface area contributed by atoms with Gasteiger partial charge in [0, 0.05) is 25.6 Å². The number of methoxy groups -OCH3 is 1. The topological polar surface area (TPSA) is 36.3 Å². The zero-order valence-corrected chi connectivity index (χ0v) is 10.3. The van der Waals surface area contributed by atoms with Gasteiger partial charge >= 0.3 is 0 Å². The third-order valence-electron chi connectivity index (χ3n) is 3.21. The molecule has 1 fully saturated rings. The van der Waals surface area contributed by atoms with Gasteiger partial charge in [-0.3, -0.25) is 5.41 Å². The molecule has 0 amide bonds. The number of amidine groups is 1. The van der Waals surface area contributed by atoms with Crippen LogP contribution in [0.15, 0.2) is 0 Å². The Morgan fingerprint density at radius 2 is 2.00 bits per heavy atom. The lowest BCUT2D eigenvalue weighted by molar-refractivity contribution is 0.163. The second kappa shape index (κ2) is 6.11. The molecule has 3 nitrogen and oxygen atoms in total. The van der Waals surface area contributed by atoms with E-state index < -0.39 is 0 Å². The fourth-order valence-corrected chi connectivity index (χ4v) is 2.28. The SMILES string of the molecule is COCCN(C(=N)C1CCCC1)C(C)C. The zero-order chi connectivity index (χ0) is 11.3. The molecule has 0 heterocycles. The maximum atomic E-state index is 8.22. The number of nitrogens with zero attached hydrogens (tertiary/aromatic N) is 1. The first kappa shape index (κ1) is 12.5. The normalized spacial score (nSPS) is 17.3. The van der Waals surface area contributed by atoms with E-state index in [1.165, 1.54) is 25.7 Å². The molecule has 0 radical (unpaired) electrons. The molecular formula is C12H24N2O. The van der Waals surface area contributed by atoms with Crippen LogP contribution >= 0.6 is 0 Å². The minimum atomic E-state index is 0.410. The molecule has 88 valence electrons. The Morgan fingerprint density at radius 3 is 2.47 bits per heavy atom. The Labute approximate surface area is 93.3 Å². The molecule has 0 aromatic rings. The summed E-state index contributed by atoms with van der Waals surface area (Å²) in [6.07, 6.45) is 5.00. The van der Waals surface area contributed by atoms with Crippen molar-refractivity contribution in [3.05, 3.63) is 0 Å². The summed E-state index contributed by atoms with van der Waals surface area (Å²) >= 11 is 0. The first-order valence-electron chi connectivity index (χ1n) is 6.00. The van der Waals surface area contributed by atoms with Crippen LogP contribution in [-0.2, 0) is 4.74 Å². The highest BCUT2D eigenvalue weighted by atomic mass is 16.5. The lowest BCUT2D eigenvalue weighted by Gasteiger charge is -2.31. The van der Waals surface area contributed by atoms with Crippen LogP contribution in [0.2, 0.25) is 0 Å². The van der Waals surface area contributed by atoms with Crippen molar-refractivity contribution in [2.75, 3.05) is 20.3 Å². The number of nitrogens with one attached hydrogen (secondary N) is 1. The van der Waals surface area contributed by atoms with Crippen molar-refractivity contribution in [2.24, 2.45) is 5.92 Å². The van der Waals surface area contributed by atoms with E-state index in [0.29, 0.717) is 18.6 Å². The van der Waals surface area contributed by atoms with E-state index in [-0.39, 0.29) is 0 Å². The molecule has 15 heavy (non-hydrogen) atoms. The maximum Gasteiger partial charge on any atom is 0.0992 e. The summed E-state index contributed by atoms with van der Waals surface area (Å²) in [5.41, 5.74) is 0. The zero-order valence-electron chi connectivity index (χ0n) is 10.3. The van der Waals surface area contributed by atoms with Crippen LogP contribution in [0.4, 0.5) is 0 Å². The van der Waals surface area contributed by atoms with Gasteiger partial charge in [0.1, 0.15) is 0 Å². The van der Waals surface area contributed by atoms with Crippen LogP contribution < -0.4 is 0 Å². The third kappa shape index (κ3) is 3.49. The van der Waals surface area contributed by atoms with Gasteiger partial charge in [-0.1, -0.05) is 12.8 Å². The fraction of sp³-hybridized carbons (Fsp3) is 0.917. The summed E-state index contributed by atoms with van der Waals surface area (Å²) in [4.78, 5) is 2.18. The number of hydrogen-bond donors (Lipinski definition) is 1. The Morgan fingerprint density at radius 1 is 1.40 bits per heavy atom. The van der Waals surface area contributed by atoms with Crippen LogP contribution in [0.1, 0.15) is 39.5 Å². The lowest BCUT2D eigenvalue weighted by atomic mass is 10.1. The molecular weight excluding hydrogens is 188 g/mol. The minimum absolute atomic E-state index is 0.410. The molecule has 3 heteroatoms. The van der Waals surface area contributed by atoms with Crippen LogP contribution in [-0.4, -0.2) is 37.0 Å². The molecule has 0 spiro atoms. The molecule has 1 N–H and O–H groups in total. The van der Waals surface area contributed by atoms with Gasteiger partial charge in [0.05, 0.1) is 12.4 Å². The molecule has 1 rings (SSSR count). The van der Waals surface area contributed by atoms with Gasteiger partial charge in [-0.25, -0.2) is 0 Å². The Kier molecular flexibility index (Phi) is 5.09. The standard InChI is InChI=1S/C12H24N2O/c1-10(2)14(8-9-15-3)12(13)11-6-4-5-7-11/h10-11,13H,4-9H2,1-3H3. The summed E-state index contributed by atoms with van der Waals surface area (Å²) in [5, 5.41) is 8.22. The van der Waals surface area contributed by atoms with Crippen LogP contribution in [0.25, 0.3) is 0 Å². The van der Waals surface area contributed by atoms with Gasteiger partial charge in [-0.2, -0.15) is 0 Å². The van der Waals surface area contributed by atoms with E-state index in [9.17, 15) is 0 Å². The van der Waals surface area contributed by atoms with Crippen molar-refractivity contribution < 1.29 is 4.74 Å². The highest BCUT2D eigenvalue weighted by Gasteiger charge is 2.24. The summed E-state index contributed by atoms with van der Waals surface area (Å²) in [5.74, 6) is 1.34. The van der Waals surface area contributed by atoms with Crippen molar-refractivity contribution in [1.29, 1.82) is 5.41 Å². The predicted molar refractivity (Wildman–Crippen MR) is 63.4 cm³/mol. The van der Waals surface area contributed by atoms with E-state index in [1.807, 2.05) is 0 Å². The first-order valence-corrected chi connectivity index (χ1v) is 6.00. The van der Waals surface area contributed by atoms with Crippen LogP contribution in [0.5, 0.6) is 0 Å². The van der Waals surface area contributed by atoms with Crippen molar-refractivity contribution in [3.63, 3.8) is 0 Å². The van der Waals surface area contributed by atoms with Gasteiger partial charge in [-0.05, 0) is 26.7 Å². The van der Waals surface area contributed by atoms with Gasteiger partial charge in [0.25, 0.3) is 0 Å². The minimum Gasteiger partial charge on any atom is -0.383 e. The lowest BCUT2D eigenvalue weighted by Crippen LogP contribution is -2.41. The molecule has 0 aliphatic heterocycles. The number of rotatable bonds is 5. The third-order valence-corrected chi connectivity index (χ3v) is 3.21. The Hall–Kier alpha value is -0.570. The van der Waals surface area contributed by atoms with E-state index in [2.05, 4.69) is 18.7 Å². The summed E-state index contributed by atoms with van der Waals surface area (Å²) in [6, 6.07) is 0.410. The second-order valence-electron chi connectivity index (χ2n) is 4.65. The quantitative estimate of drug-likeness (QED) is 0.561.